The van der Waals surface area contributed by atoms with Crippen molar-refractivity contribution >= 4 is 16.8 Å². The zero-order valence-corrected chi connectivity index (χ0v) is 11.0. The van der Waals surface area contributed by atoms with E-state index in [2.05, 4.69) is 6.92 Å². The molecule has 3 rings (SSSR count). The van der Waals surface area contributed by atoms with Gasteiger partial charge in [0.25, 0.3) is 0 Å². The van der Waals surface area contributed by atoms with E-state index in [1.54, 1.807) is 0 Å². The topological polar surface area (TPSA) is 30.2 Å². The Kier molecular flexibility index (Phi) is 2.54. The van der Waals surface area contributed by atoms with Gasteiger partial charge in [-0.05, 0) is 31.4 Å². The predicted octanol–water partition coefficient (Wildman–Crippen LogP) is 4.50. The lowest BCUT2D eigenvalue weighted by Crippen LogP contribution is -2.23. The van der Waals surface area contributed by atoms with Crippen molar-refractivity contribution in [3.8, 4) is 0 Å². The molecular formula is C16H18O2. The molecule has 0 amide bonds. The smallest absolute Gasteiger partial charge is 0.203 e. The number of fused-ring (bicyclic) bond motifs is 1. The van der Waals surface area contributed by atoms with Gasteiger partial charge in [-0.3, -0.25) is 4.79 Å². The molecule has 0 unspecified atom stereocenters. The molecule has 0 aliphatic heterocycles. The third-order valence-electron chi connectivity index (χ3n) is 4.22. The quantitative estimate of drug-likeness (QED) is 0.725. The van der Waals surface area contributed by atoms with Gasteiger partial charge in [0.1, 0.15) is 5.58 Å². The van der Waals surface area contributed by atoms with E-state index in [9.17, 15) is 4.79 Å². The first-order valence-corrected chi connectivity index (χ1v) is 6.64. The van der Waals surface area contributed by atoms with Crippen LogP contribution >= 0.6 is 0 Å². The van der Waals surface area contributed by atoms with Crippen molar-refractivity contribution in [1.82, 2.24) is 0 Å². The van der Waals surface area contributed by atoms with E-state index >= 15 is 0 Å². The van der Waals surface area contributed by atoms with Crippen LogP contribution in [-0.2, 0) is 0 Å². The molecule has 0 N–H and O–H groups in total. The minimum atomic E-state index is -0.207. The third-order valence-corrected chi connectivity index (χ3v) is 4.22. The van der Waals surface area contributed by atoms with Crippen molar-refractivity contribution in [3.05, 3.63) is 35.6 Å². The highest BCUT2D eigenvalue weighted by molar-refractivity contribution is 6.01. The van der Waals surface area contributed by atoms with Crippen LogP contribution in [0.1, 0.15) is 48.7 Å². The second-order valence-electron chi connectivity index (χ2n) is 5.70. The number of ketones is 1. The van der Waals surface area contributed by atoms with Crippen LogP contribution in [0.15, 0.2) is 28.7 Å². The summed E-state index contributed by atoms with van der Waals surface area (Å²) in [5.74, 6) is 0.708. The van der Waals surface area contributed by atoms with Crippen LogP contribution in [0.3, 0.4) is 0 Å². The number of hydrogen-bond donors (Lipinski definition) is 0. The molecule has 1 saturated carbocycles. The second kappa shape index (κ2) is 3.98. The van der Waals surface area contributed by atoms with Gasteiger partial charge in [0.2, 0.25) is 5.78 Å². The summed E-state index contributed by atoms with van der Waals surface area (Å²) in [5, 5.41) is 1.03. The lowest BCUT2D eigenvalue weighted by atomic mass is 9.83. The molecule has 0 spiro atoms. The first-order valence-electron chi connectivity index (χ1n) is 6.64. The number of carbonyl (C=O) groups excluding carboxylic acids is 1. The molecule has 2 aromatic rings. The van der Waals surface area contributed by atoms with E-state index in [4.69, 9.17) is 4.42 Å². The zero-order valence-electron chi connectivity index (χ0n) is 11.0. The Bertz CT molecular complexity index is 601. The summed E-state index contributed by atoms with van der Waals surface area (Å²) >= 11 is 0. The van der Waals surface area contributed by atoms with Crippen molar-refractivity contribution in [2.45, 2.75) is 39.5 Å². The lowest BCUT2D eigenvalue weighted by Gasteiger charge is -2.19. The molecule has 2 heteroatoms. The van der Waals surface area contributed by atoms with Gasteiger partial charge in [-0.2, -0.15) is 0 Å². The summed E-state index contributed by atoms with van der Waals surface area (Å²) < 4.78 is 5.79. The molecule has 0 bridgehead atoms. The molecule has 0 atom stereocenters. The van der Waals surface area contributed by atoms with Crippen molar-refractivity contribution < 1.29 is 9.21 Å². The van der Waals surface area contributed by atoms with Gasteiger partial charge in [0.05, 0.1) is 0 Å². The molecule has 1 fully saturated rings. The molecule has 1 aliphatic carbocycles. The fourth-order valence-corrected chi connectivity index (χ4v) is 3.00. The molecule has 2 nitrogen and oxygen atoms in total. The Balaban J connectivity index is 2.04. The lowest BCUT2D eigenvalue weighted by molar-refractivity contribution is 0.0795. The summed E-state index contributed by atoms with van der Waals surface area (Å²) in [6, 6.07) is 7.91. The Morgan fingerprint density at radius 1 is 1.28 bits per heavy atom. The van der Waals surface area contributed by atoms with Gasteiger partial charge in [-0.15, -0.1) is 0 Å². The van der Waals surface area contributed by atoms with Crippen LogP contribution in [0.2, 0.25) is 0 Å². The Morgan fingerprint density at radius 2 is 2.00 bits per heavy atom. The van der Waals surface area contributed by atoms with Crippen molar-refractivity contribution in [2.75, 3.05) is 0 Å². The molecule has 18 heavy (non-hydrogen) atoms. The maximum absolute atomic E-state index is 12.6. The SMILES string of the molecule is Cc1cccc2cc(C(=O)C3(C)CCCC3)oc12. The van der Waals surface area contributed by atoms with Gasteiger partial charge in [0, 0.05) is 10.8 Å². The number of carbonyl (C=O) groups is 1. The number of para-hydroxylation sites is 1. The van der Waals surface area contributed by atoms with Crippen LogP contribution in [0.25, 0.3) is 11.0 Å². The monoisotopic (exact) mass is 242 g/mol. The fraction of sp³-hybridized carbons (Fsp3) is 0.438. The average molecular weight is 242 g/mol. The molecule has 1 aliphatic rings. The highest BCUT2D eigenvalue weighted by Gasteiger charge is 2.38. The Hall–Kier alpha value is -1.57. The molecule has 0 saturated heterocycles. The van der Waals surface area contributed by atoms with E-state index < -0.39 is 0 Å². The Morgan fingerprint density at radius 3 is 2.67 bits per heavy atom. The minimum absolute atomic E-state index is 0.176. The minimum Gasteiger partial charge on any atom is -0.453 e. The van der Waals surface area contributed by atoms with Crippen LogP contribution in [0.4, 0.5) is 0 Å². The van der Waals surface area contributed by atoms with Gasteiger partial charge in [-0.1, -0.05) is 38.0 Å². The van der Waals surface area contributed by atoms with Crippen molar-refractivity contribution in [2.24, 2.45) is 5.41 Å². The second-order valence-corrected chi connectivity index (χ2v) is 5.70. The molecule has 1 aromatic heterocycles. The Labute approximate surface area is 107 Å². The normalized spacial score (nSPS) is 18.3. The number of aryl methyl sites for hydroxylation is 1. The summed E-state index contributed by atoms with van der Waals surface area (Å²) in [6.45, 7) is 4.08. The number of rotatable bonds is 2. The summed E-state index contributed by atoms with van der Waals surface area (Å²) in [7, 11) is 0. The number of furan rings is 1. The molecule has 1 heterocycles. The summed E-state index contributed by atoms with van der Waals surface area (Å²) in [6.07, 6.45) is 4.28. The van der Waals surface area contributed by atoms with Gasteiger partial charge in [0.15, 0.2) is 5.76 Å². The van der Waals surface area contributed by atoms with E-state index in [0.717, 1.165) is 42.2 Å². The maximum atomic E-state index is 12.6. The van der Waals surface area contributed by atoms with E-state index in [0.29, 0.717) is 5.76 Å². The van der Waals surface area contributed by atoms with Gasteiger partial charge < -0.3 is 4.42 Å². The van der Waals surface area contributed by atoms with Crippen LogP contribution in [0, 0.1) is 12.3 Å². The molecule has 1 aromatic carbocycles. The number of Topliss-reactive ketones (excluding diaryl/α,β-unsaturated/α-hetero) is 1. The van der Waals surface area contributed by atoms with Crippen LogP contribution < -0.4 is 0 Å². The van der Waals surface area contributed by atoms with E-state index in [1.807, 2.05) is 31.2 Å². The third kappa shape index (κ3) is 1.67. The highest BCUT2D eigenvalue weighted by atomic mass is 16.3. The maximum Gasteiger partial charge on any atom is 0.203 e. The first kappa shape index (κ1) is 11.5. The number of benzene rings is 1. The average Bonchev–Trinajstić information content (AvgIpc) is 2.96. The zero-order chi connectivity index (χ0) is 12.8. The fourth-order valence-electron chi connectivity index (χ4n) is 3.00. The first-order chi connectivity index (χ1) is 8.60. The van der Waals surface area contributed by atoms with E-state index in [1.165, 1.54) is 0 Å². The summed E-state index contributed by atoms with van der Waals surface area (Å²) in [4.78, 5) is 12.6. The van der Waals surface area contributed by atoms with Crippen LogP contribution in [0.5, 0.6) is 0 Å². The largest absolute Gasteiger partial charge is 0.453 e. The number of hydrogen-bond acceptors (Lipinski definition) is 2. The van der Waals surface area contributed by atoms with Crippen molar-refractivity contribution in [3.63, 3.8) is 0 Å². The molecule has 0 radical (unpaired) electrons. The molecule has 94 valence electrons. The van der Waals surface area contributed by atoms with Gasteiger partial charge in [-0.25, -0.2) is 0 Å². The predicted molar refractivity (Wildman–Crippen MR) is 71.9 cm³/mol. The van der Waals surface area contributed by atoms with Crippen molar-refractivity contribution in [1.29, 1.82) is 0 Å². The van der Waals surface area contributed by atoms with E-state index in [-0.39, 0.29) is 11.2 Å². The standard InChI is InChI=1S/C16H18O2/c1-11-6-5-7-12-10-13(18-14(11)12)15(17)16(2)8-3-4-9-16/h5-7,10H,3-4,8-9H2,1-2H3. The highest BCUT2D eigenvalue weighted by Crippen LogP contribution is 2.41. The van der Waals surface area contributed by atoms with Crippen LogP contribution in [-0.4, -0.2) is 5.78 Å². The van der Waals surface area contributed by atoms with Gasteiger partial charge >= 0.3 is 0 Å². The molecular weight excluding hydrogens is 224 g/mol. The summed E-state index contributed by atoms with van der Waals surface area (Å²) in [5.41, 5.74) is 1.73.